The van der Waals surface area contributed by atoms with E-state index in [1.807, 2.05) is 24.3 Å². The van der Waals surface area contributed by atoms with E-state index >= 15 is 0 Å². The van der Waals surface area contributed by atoms with Crippen LogP contribution in [0.3, 0.4) is 0 Å². The van der Waals surface area contributed by atoms with E-state index in [-0.39, 0.29) is 11.8 Å². The lowest BCUT2D eigenvalue weighted by Crippen LogP contribution is -2.40. The fraction of sp³-hybridized carbons (Fsp3) is 0.375. The van der Waals surface area contributed by atoms with E-state index in [0.29, 0.717) is 12.6 Å². The molecule has 0 aliphatic carbocycles. The summed E-state index contributed by atoms with van der Waals surface area (Å²) in [6, 6.07) is 8.40. The van der Waals surface area contributed by atoms with Crippen LogP contribution in [0.2, 0.25) is 0 Å². The largest absolute Gasteiger partial charge is 0.423 e. The molecule has 2 heterocycles. The molecule has 110 valence electrons. The molecule has 5 heteroatoms. The van der Waals surface area contributed by atoms with Crippen molar-refractivity contribution in [2.75, 3.05) is 24.5 Å². The summed E-state index contributed by atoms with van der Waals surface area (Å²) in [6.45, 7) is 5.72. The van der Waals surface area contributed by atoms with Crippen molar-refractivity contribution in [1.82, 2.24) is 10.3 Å². The molecule has 0 atom stereocenters. The Kier molecular flexibility index (Phi) is 3.90. The third-order valence-corrected chi connectivity index (χ3v) is 3.84. The van der Waals surface area contributed by atoms with Gasteiger partial charge in [-0.1, -0.05) is 18.2 Å². The second kappa shape index (κ2) is 5.99. The molecule has 0 saturated carbocycles. The first kappa shape index (κ1) is 13.7. The number of hydrogen-bond donors (Lipinski definition) is 1. The highest BCUT2D eigenvalue weighted by molar-refractivity contribution is 5.79. The van der Waals surface area contributed by atoms with Gasteiger partial charge >= 0.3 is 0 Å². The molecule has 1 aliphatic rings. The number of hydrogen-bond acceptors (Lipinski definition) is 4. The first-order valence-corrected chi connectivity index (χ1v) is 7.27. The van der Waals surface area contributed by atoms with Crippen LogP contribution in [0.25, 0.3) is 11.1 Å². The summed E-state index contributed by atoms with van der Waals surface area (Å²) in [5.74, 6) is 0.192. The van der Waals surface area contributed by atoms with Crippen LogP contribution in [-0.4, -0.2) is 30.5 Å². The minimum atomic E-state index is 0.0746. The lowest BCUT2D eigenvalue weighted by atomic mass is 9.96. The van der Waals surface area contributed by atoms with Gasteiger partial charge in [0, 0.05) is 25.6 Å². The topological polar surface area (TPSA) is 58.4 Å². The van der Waals surface area contributed by atoms with Crippen LogP contribution in [0.4, 0.5) is 6.01 Å². The van der Waals surface area contributed by atoms with Crippen LogP contribution in [0.15, 0.2) is 41.3 Å². The summed E-state index contributed by atoms with van der Waals surface area (Å²) in [6.07, 6.45) is 3.34. The Morgan fingerprint density at radius 3 is 2.90 bits per heavy atom. The van der Waals surface area contributed by atoms with Gasteiger partial charge in [-0.3, -0.25) is 4.79 Å². The summed E-state index contributed by atoms with van der Waals surface area (Å²) in [5.41, 5.74) is 1.68. The number of anilines is 1. The minimum Gasteiger partial charge on any atom is -0.423 e. The summed E-state index contributed by atoms with van der Waals surface area (Å²) < 4.78 is 5.77. The number of carbonyl (C=O) groups excluding carboxylic acids is 1. The number of para-hydroxylation sites is 2. The lowest BCUT2D eigenvalue weighted by Gasteiger charge is -2.29. The van der Waals surface area contributed by atoms with E-state index in [1.165, 1.54) is 0 Å². The number of nitrogens with one attached hydrogen (secondary N) is 1. The Morgan fingerprint density at radius 2 is 2.19 bits per heavy atom. The van der Waals surface area contributed by atoms with Crippen LogP contribution < -0.4 is 10.2 Å². The summed E-state index contributed by atoms with van der Waals surface area (Å²) >= 11 is 0. The second-order valence-electron chi connectivity index (χ2n) is 5.26. The first-order chi connectivity index (χ1) is 10.3. The van der Waals surface area contributed by atoms with E-state index in [4.69, 9.17) is 4.42 Å². The molecule has 0 radical (unpaired) electrons. The molecule has 1 aromatic carbocycles. The first-order valence-electron chi connectivity index (χ1n) is 7.27. The second-order valence-corrected chi connectivity index (χ2v) is 5.26. The van der Waals surface area contributed by atoms with E-state index in [1.54, 1.807) is 6.08 Å². The maximum atomic E-state index is 11.9. The minimum absolute atomic E-state index is 0.0746. The van der Waals surface area contributed by atoms with Gasteiger partial charge in [-0.2, -0.15) is 4.98 Å². The van der Waals surface area contributed by atoms with Crippen molar-refractivity contribution in [2.45, 2.75) is 12.8 Å². The Balaban J connectivity index is 1.62. The molecule has 3 rings (SSSR count). The van der Waals surface area contributed by atoms with Crippen LogP contribution in [-0.2, 0) is 4.79 Å². The van der Waals surface area contributed by atoms with Gasteiger partial charge in [-0.25, -0.2) is 0 Å². The molecule has 2 aromatic rings. The smallest absolute Gasteiger partial charge is 0.298 e. The van der Waals surface area contributed by atoms with E-state index in [2.05, 4.69) is 21.8 Å². The van der Waals surface area contributed by atoms with Crippen LogP contribution in [0.1, 0.15) is 12.8 Å². The van der Waals surface area contributed by atoms with Gasteiger partial charge in [0.1, 0.15) is 5.52 Å². The highest BCUT2D eigenvalue weighted by atomic mass is 16.4. The van der Waals surface area contributed by atoms with Crippen molar-refractivity contribution in [1.29, 1.82) is 0 Å². The van der Waals surface area contributed by atoms with Crippen molar-refractivity contribution in [3.63, 3.8) is 0 Å². The normalized spacial score (nSPS) is 16.1. The molecular weight excluding hydrogens is 266 g/mol. The molecule has 0 unspecified atom stereocenters. The monoisotopic (exact) mass is 285 g/mol. The zero-order chi connectivity index (χ0) is 14.7. The third-order valence-electron chi connectivity index (χ3n) is 3.84. The van der Waals surface area contributed by atoms with Crippen LogP contribution in [0.5, 0.6) is 0 Å². The highest BCUT2D eigenvalue weighted by Crippen LogP contribution is 2.26. The highest BCUT2D eigenvalue weighted by Gasteiger charge is 2.26. The molecular formula is C16H19N3O2. The standard InChI is InChI=1S/C16H19N3O2/c1-2-9-17-15(20)12-7-10-19(11-8-12)16-18-13-5-3-4-6-14(13)21-16/h2-6,12H,1,7-11H2,(H,17,20). The van der Waals surface area contributed by atoms with Crippen molar-refractivity contribution in [3.05, 3.63) is 36.9 Å². The predicted octanol–water partition coefficient (Wildman–Crippen LogP) is 2.35. The fourth-order valence-electron chi connectivity index (χ4n) is 2.65. The Hall–Kier alpha value is -2.30. The molecule has 0 spiro atoms. The van der Waals surface area contributed by atoms with Gasteiger partial charge in [-0.15, -0.1) is 6.58 Å². The maximum Gasteiger partial charge on any atom is 0.298 e. The Morgan fingerprint density at radius 1 is 1.43 bits per heavy atom. The van der Waals surface area contributed by atoms with Crippen molar-refractivity contribution in [3.8, 4) is 0 Å². The van der Waals surface area contributed by atoms with Gasteiger partial charge < -0.3 is 14.6 Å². The molecule has 1 aromatic heterocycles. The number of nitrogens with zero attached hydrogens (tertiary/aromatic N) is 2. The molecule has 1 N–H and O–H groups in total. The number of oxazole rings is 1. The average molecular weight is 285 g/mol. The van der Waals surface area contributed by atoms with Gasteiger partial charge in [0.05, 0.1) is 0 Å². The lowest BCUT2D eigenvalue weighted by molar-refractivity contribution is -0.125. The molecule has 21 heavy (non-hydrogen) atoms. The number of carbonyl (C=O) groups is 1. The van der Waals surface area contributed by atoms with Crippen molar-refractivity contribution in [2.24, 2.45) is 5.92 Å². The SMILES string of the molecule is C=CCNC(=O)C1CCN(c2nc3ccccc3o2)CC1. The molecule has 0 bridgehead atoms. The zero-order valence-electron chi connectivity index (χ0n) is 11.9. The van der Waals surface area contributed by atoms with Crippen LogP contribution >= 0.6 is 0 Å². The number of amides is 1. The van der Waals surface area contributed by atoms with E-state index in [9.17, 15) is 4.79 Å². The van der Waals surface area contributed by atoms with Gasteiger partial charge in [-0.05, 0) is 25.0 Å². The number of piperidine rings is 1. The molecule has 1 fully saturated rings. The third kappa shape index (κ3) is 2.91. The number of benzene rings is 1. The molecule has 5 nitrogen and oxygen atoms in total. The fourth-order valence-corrected chi connectivity index (χ4v) is 2.65. The molecule has 1 aliphatic heterocycles. The number of fused-ring (bicyclic) bond motifs is 1. The van der Waals surface area contributed by atoms with Crippen molar-refractivity contribution >= 4 is 23.0 Å². The van der Waals surface area contributed by atoms with Crippen molar-refractivity contribution < 1.29 is 9.21 Å². The summed E-state index contributed by atoms with van der Waals surface area (Å²) in [4.78, 5) is 18.5. The van der Waals surface area contributed by atoms with Crippen LogP contribution in [0, 0.1) is 5.92 Å². The average Bonchev–Trinajstić information content (AvgIpc) is 2.96. The number of rotatable bonds is 4. The van der Waals surface area contributed by atoms with E-state index < -0.39 is 0 Å². The number of aromatic nitrogens is 1. The Bertz CT molecular complexity index is 609. The Labute approximate surface area is 123 Å². The van der Waals surface area contributed by atoms with Gasteiger partial charge in [0.15, 0.2) is 5.58 Å². The molecule has 1 amide bonds. The van der Waals surface area contributed by atoms with Gasteiger partial charge in [0.2, 0.25) is 5.91 Å². The molecule has 1 saturated heterocycles. The summed E-state index contributed by atoms with van der Waals surface area (Å²) in [5, 5.41) is 2.86. The maximum absolute atomic E-state index is 11.9. The van der Waals surface area contributed by atoms with Gasteiger partial charge in [0.25, 0.3) is 6.01 Å². The van der Waals surface area contributed by atoms with E-state index in [0.717, 1.165) is 37.0 Å². The predicted molar refractivity (Wildman–Crippen MR) is 82.2 cm³/mol. The zero-order valence-corrected chi connectivity index (χ0v) is 11.9. The quantitative estimate of drug-likeness (QED) is 0.876. The summed E-state index contributed by atoms with van der Waals surface area (Å²) in [7, 11) is 0.